The zero-order chi connectivity index (χ0) is 35.6. The number of benzene rings is 3. The number of fused-ring (bicyclic) bond motifs is 3. The third kappa shape index (κ3) is 11.6. The molecule has 0 bridgehead atoms. The molecule has 0 unspecified atom stereocenters. The number of aryl methyl sites for hydroxylation is 2. The number of anilines is 1. The van der Waals surface area contributed by atoms with Crippen LogP contribution in [0.4, 0.5) is 5.82 Å². The zero-order valence-corrected chi connectivity index (χ0v) is 28.7. The summed E-state index contributed by atoms with van der Waals surface area (Å²) in [7, 11) is 4.01. The minimum absolute atomic E-state index is 0.250. The Hall–Kier alpha value is -5.53. The lowest BCUT2D eigenvalue weighted by molar-refractivity contribution is -0.193. The van der Waals surface area contributed by atoms with Crippen LogP contribution < -0.4 is 10.6 Å². The molecule has 5 rings (SSSR count). The van der Waals surface area contributed by atoms with E-state index in [1.165, 1.54) is 33.4 Å². The maximum atomic E-state index is 8.12. The summed E-state index contributed by atoms with van der Waals surface area (Å²) in [5.41, 5.74) is 10.7. The van der Waals surface area contributed by atoms with Gasteiger partial charge in [-0.25, -0.2) is 9.97 Å². The maximum Gasteiger partial charge on any atom is 0.373 e. The molecule has 0 amide bonds. The molecule has 0 radical (unpaired) electrons. The van der Waals surface area contributed by atoms with Crippen molar-refractivity contribution in [2.24, 2.45) is 4.99 Å². The van der Waals surface area contributed by atoms with Gasteiger partial charge in [-0.05, 0) is 69.1 Å². The van der Waals surface area contributed by atoms with Crippen LogP contribution in [0.25, 0.3) is 16.7 Å². The Bertz CT molecular complexity index is 1760. The van der Waals surface area contributed by atoms with Crippen molar-refractivity contribution in [3.63, 3.8) is 0 Å². The lowest BCUT2D eigenvalue weighted by atomic mass is 10.0. The Labute approximate surface area is 288 Å². The van der Waals surface area contributed by atoms with Crippen molar-refractivity contribution in [1.29, 1.82) is 0 Å². The van der Waals surface area contributed by atoms with Crippen LogP contribution in [-0.4, -0.2) is 73.3 Å². The first-order valence-corrected chi connectivity index (χ1v) is 16.2. The molecule has 0 saturated heterocycles. The Morgan fingerprint density at radius 3 is 2.16 bits per heavy atom. The first-order valence-electron chi connectivity index (χ1n) is 16.2. The summed E-state index contributed by atoms with van der Waals surface area (Å²) in [6.45, 7) is 12.2. The highest BCUT2D eigenvalue weighted by molar-refractivity contribution is 6.21. The Morgan fingerprint density at radius 1 is 0.878 bits per heavy atom. The minimum atomic E-state index is 0.250. The van der Waals surface area contributed by atoms with Crippen molar-refractivity contribution < 1.29 is 19.2 Å². The van der Waals surface area contributed by atoms with Crippen LogP contribution in [0.1, 0.15) is 52.2 Å². The van der Waals surface area contributed by atoms with Gasteiger partial charge in [0.2, 0.25) is 0 Å². The molecular weight excluding hydrogens is 616 g/mol. The molecule has 0 aliphatic heterocycles. The van der Waals surface area contributed by atoms with Crippen LogP contribution in [0.15, 0.2) is 84.4 Å². The van der Waals surface area contributed by atoms with E-state index >= 15 is 0 Å². The van der Waals surface area contributed by atoms with Gasteiger partial charge in [0, 0.05) is 44.1 Å². The van der Waals surface area contributed by atoms with Gasteiger partial charge >= 0.3 is 12.3 Å². The van der Waals surface area contributed by atoms with Crippen LogP contribution in [-0.2, 0) is 32.0 Å². The number of hydrogen-bond acceptors (Lipinski definition) is 9. The molecule has 254 valence electrons. The van der Waals surface area contributed by atoms with E-state index in [0.29, 0.717) is 0 Å². The summed E-state index contributed by atoms with van der Waals surface area (Å²) in [5.74, 6) is 2.70. The number of nitrogens with one attached hydrogen (secondary N) is 2. The van der Waals surface area contributed by atoms with E-state index in [9.17, 15) is 0 Å². The minimum Gasteiger partial charge on any atom is -0.370 e. The fourth-order valence-electron chi connectivity index (χ4n) is 5.68. The molecule has 2 N–H and O–H groups in total. The normalized spacial score (nSPS) is 11.1. The molecule has 3 aromatic carbocycles. The topological polar surface area (TPSA) is 134 Å². The van der Waals surface area contributed by atoms with Crippen molar-refractivity contribution in [2.75, 3.05) is 45.6 Å². The predicted molar refractivity (Wildman–Crippen MR) is 191 cm³/mol. The molecule has 1 aliphatic carbocycles. The van der Waals surface area contributed by atoms with Gasteiger partial charge in [-0.2, -0.15) is 19.2 Å². The molecule has 10 heteroatoms. The van der Waals surface area contributed by atoms with Gasteiger partial charge in [-0.1, -0.05) is 90.5 Å². The molecule has 1 aliphatic rings. The number of amidine groups is 1. The molecule has 49 heavy (non-hydrogen) atoms. The number of hydrogen-bond donors (Lipinski definition) is 2. The smallest absolute Gasteiger partial charge is 0.370 e. The number of carbonyl (C=O) groups excluding carboxylic acids is 4. The molecule has 1 heterocycles. The average Bonchev–Trinajstić information content (AvgIpc) is 3.45. The van der Waals surface area contributed by atoms with Gasteiger partial charge < -0.3 is 15.5 Å². The van der Waals surface area contributed by atoms with E-state index in [2.05, 4.69) is 115 Å². The van der Waals surface area contributed by atoms with Gasteiger partial charge in [-0.3, -0.25) is 4.99 Å². The lowest BCUT2D eigenvalue weighted by Gasteiger charge is -2.18. The molecule has 0 saturated carbocycles. The molecule has 10 nitrogen and oxygen atoms in total. The third-order valence-electron chi connectivity index (χ3n) is 8.05. The number of aliphatic imine (C=N–C) groups is 1. The van der Waals surface area contributed by atoms with Crippen LogP contribution >= 0.6 is 0 Å². The average molecular weight is 661 g/mol. The van der Waals surface area contributed by atoms with Gasteiger partial charge in [0.1, 0.15) is 17.5 Å². The van der Waals surface area contributed by atoms with Gasteiger partial charge in [-0.15, -0.1) is 0 Å². The summed E-state index contributed by atoms with van der Waals surface area (Å²) in [4.78, 5) is 49.4. The second-order valence-electron chi connectivity index (χ2n) is 11.8. The number of aromatic nitrogens is 2. The van der Waals surface area contributed by atoms with E-state index in [1.54, 1.807) is 0 Å². The third-order valence-corrected chi connectivity index (χ3v) is 8.05. The summed E-state index contributed by atoms with van der Waals surface area (Å²) in [6, 6.07) is 25.6. The molecule has 0 spiro atoms. The van der Waals surface area contributed by atoms with Crippen molar-refractivity contribution in [2.45, 2.75) is 39.5 Å². The second kappa shape index (κ2) is 20.0. The van der Waals surface area contributed by atoms with E-state index < -0.39 is 0 Å². The molecular formula is C39H44N6O4. The summed E-state index contributed by atoms with van der Waals surface area (Å²) >= 11 is 0. The lowest BCUT2D eigenvalue weighted by Crippen LogP contribution is -2.29. The van der Waals surface area contributed by atoms with E-state index in [0.717, 1.165) is 86.2 Å². The molecule has 4 aromatic rings. The monoisotopic (exact) mass is 660 g/mol. The SMILES string of the molecule is C=C(C(=NC)NCCCN(C)CCCNc1nc(Cc2ccccc2)nc2c1-c1ccc(C)cc1C2)c1ccc(C)cc1.O=C=O.O=C=O. The summed E-state index contributed by atoms with van der Waals surface area (Å²) in [6.07, 6.45) is 4.16. The largest absolute Gasteiger partial charge is 0.373 e. The fraction of sp³-hybridized carbons (Fsp3) is 0.308. The highest BCUT2D eigenvalue weighted by atomic mass is 16.2. The van der Waals surface area contributed by atoms with E-state index in [-0.39, 0.29) is 12.3 Å². The quantitative estimate of drug-likeness (QED) is 0.0948. The maximum absolute atomic E-state index is 8.12. The van der Waals surface area contributed by atoms with E-state index in [1.807, 2.05) is 13.1 Å². The second-order valence-corrected chi connectivity index (χ2v) is 11.8. The fourth-order valence-corrected chi connectivity index (χ4v) is 5.68. The molecule has 0 fully saturated rings. The Morgan fingerprint density at radius 2 is 1.51 bits per heavy atom. The van der Waals surface area contributed by atoms with E-state index in [4.69, 9.17) is 29.1 Å². The van der Waals surface area contributed by atoms with Gasteiger partial charge in [0.25, 0.3) is 0 Å². The standard InChI is InChI=1S/C37H44N6.2CO2/c1-26-13-16-30(17-14-26)28(3)36(38-4)39-19-9-21-43(5)22-10-20-40-37-35-32-18-15-27(2)23-31(32)25-33(35)41-34(42-37)24-29-11-7-6-8-12-29;2*2-1-3/h6-8,11-18,23H,3,9-10,19-22,24-25H2,1-2,4-5H3,(H,38,39)(H,40,41,42);;. The zero-order valence-electron chi connectivity index (χ0n) is 28.7. The van der Waals surface area contributed by atoms with Gasteiger partial charge in [0.05, 0.1) is 5.69 Å². The number of rotatable bonds is 13. The van der Waals surface area contributed by atoms with Crippen molar-refractivity contribution >= 4 is 29.5 Å². The molecule has 1 aromatic heterocycles. The van der Waals surface area contributed by atoms with Crippen molar-refractivity contribution in [1.82, 2.24) is 20.2 Å². The highest BCUT2D eigenvalue weighted by Crippen LogP contribution is 2.40. The summed E-state index contributed by atoms with van der Waals surface area (Å²) in [5, 5.41) is 7.17. The van der Waals surface area contributed by atoms with Crippen LogP contribution in [0.5, 0.6) is 0 Å². The van der Waals surface area contributed by atoms with Crippen LogP contribution in [0.3, 0.4) is 0 Å². The Kier molecular flexibility index (Phi) is 15.5. The predicted octanol–water partition coefficient (Wildman–Crippen LogP) is 5.54. The van der Waals surface area contributed by atoms with Crippen LogP contribution in [0.2, 0.25) is 0 Å². The first-order chi connectivity index (χ1) is 23.7. The van der Waals surface area contributed by atoms with Crippen molar-refractivity contribution in [3.8, 4) is 11.1 Å². The van der Waals surface area contributed by atoms with Crippen molar-refractivity contribution in [3.05, 3.63) is 119 Å². The Balaban J connectivity index is 0.00000101. The first kappa shape index (κ1) is 37.9. The molecule has 0 atom stereocenters. The van der Waals surface area contributed by atoms with Crippen LogP contribution in [0, 0.1) is 13.8 Å². The number of nitrogens with zero attached hydrogens (tertiary/aromatic N) is 4. The summed E-state index contributed by atoms with van der Waals surface area (Å²) < 4.78 is 0. The van der Waals surface area contributed by atoms with Gasteiger partial charge in [0.15, 0.2) is 0 Å². The highest BCUT2D eigenvalue weighted by Gasteiger charge is 2.25.